The van der Waals surface area contributed by atoms with Crippen LogP contribution in [0.5, 0.6) is 5.75 Å². The molecule has 2 N–H and O–H groups in total. The average Bonchev–Trinajstić information content (AvgIpc) is 3.02. The van der Waals surface area contributed by atoms with Gasteiger partial charge in [-0.15, -0.1) is 0 Å². The molecule has 8 heteroatoms. The Labute approximate surface area is 136 Å². The number of rotatable bonds is 2. The van der Waals surface area contributed by atoms with Crippen molar-refractivity contribution < 1.29 is 32.2 Å². The Morgan fingerprint density at radius 1 is 1.25 bits per heavy atom. The number of aliphatic carboxylic acids is 1. The van der Waals surface area contributed by atoms with Crippen LogP contribution >= 0.6 is 0 Å². The van der Waals surface area contributed by atoms with Crippen LogP contribution in [0.1, 0.15) is 18.4 Å². The second kappa shape index (κ2) is 7.38. The number of hydrogen-bond acceptors (Lipinski definition) is 3. The Morgan fingerprint density at radius 3 is 2.25 bits per heavy atom. The molecule has 2 aliphatic rings. The van der Waals surface area contributed by atoms with Gasteiger partial charge in [0, 0.05) is 0 Å². The molecule has 1 aliphatic carbocycles. The molecule has 1 heterocycles. The molecule has 2 atom stereocenters. The number of carboxylic acids is 1. The van der Waals surface area contributed by atoms with Gasteiger partial charge in [0.05, 0.1) is 6.10 Å². The molecule has 1 aliphatic heterocycles. The van der Waals surface area contributed by atoms with Gasteiger partial charge in [-0.3, -0.25) is 0 Å². The molecule has 1 saturated carbocycles. The fourth-order valence-electron chi connectivity index (χ4n) is 3.09. The van der Waals surface area contributed by atoms with Crippen LogP contribution in [0.2, 0.25) is 0 Å². The van der Waals surface area contributed by atoms with E-state index in [1.165, 1.54) is 6.07 Å². The molecule has 4 nitrogen and oxygen atoms in total. The maximum absolute atomic E-state index is 13.7. The lowest BCUT2D eigenvalue weighted by Gasteiger charge is -2.15. The van der Waals surface area contributed by atoms with E-state index in [9.17, 15) is 17.6 Å². The average molecular weight is 349 g/mol. The summed E-state index contributed by atoms with van der Waals surface area (Å²) in [5, 5.41) is 10.5. The first kappa shape index (κ1) is 18.5. The highest BCUT2D eigenvalue weighted by Gasteiger charge is 2.39. The van der Waals surface area contributed by atoms with E-state index in [1.54, 1.807) is 6.07 Å². The van der Waals surface area contributed by atoms with Crippen molar-refractivity contribution in [2.24, 2.45) is 11.8 Å². The van der Waals surface area contributed by atoms with Crippen molar-refractivity contribution in [3.63, 3.8) is 0 Å². The van der Waals surface area contributed by atoms with E-state index in [1.807, 2.05) is 13.0 Å². The number of ether oxygens (including phenoxy) is 1. The molecule has 2 unspecified atom stereocenters. The van der Waals surface area contributed by atoms with Crippen molar-refractivity contribution >= 4 is 5.97 Å². The molecule has 134 valence electrons. The number of alkyl halides is 3. The minimum Gasteiger partial charge on any atom is -0.487 e. The van der Waals surface area contributed by atoms with Crippen LogP contribution in [0.25, 0.3) is 0 Å². The summed E-state index contributed by atoms with van der Waals surface area (Å²) >= 11 is 0. The van der Waals surface area contributed by atoms with Crippen molar-refractivity contribution in [2.45, 2.75) is 32.0 Å². The van der Waals surface area contributed by atoms with E-state index >= 15 is 0 Å². The van der Waals surface area contributed by atoms with E-state index in [4.69, 9.17) is 14.6 Å². The SMILES string of the molecule is Cc1ccc(OC2CC3CNCC3C2)c(F)c1.O=C(O)C(F)(F)F. The van der Waals surface area contributed by atoms with Crippen LogP contribution in [-0.4, -0.2) is 36.4 Å². The second-order valence-electron chi connectivity index (χ2n) is 6.13. The number of nitrogens with one attached hydrogen (secondary N) is 1. The van der Waals surface area contributed by atoms with Gasteiger partial charge >= 0.3 is 12.1 Å². The quantitative estimate of drug-likeness (QED) is 0.806. The third-order valence-electron chi connectivity index (χ3n) is 4.23. The monoisotopic (exact) mass is 349 g/mol. The van der Waals surface area contributed by atoms with Gasteiger partial charge in [0.15, 0.2) is 11.6 Å². The summed E-state index contributed by atoms with van der Waals surface area (Å²) in [5.41, 5.74) is 0.933. The molecule has 1 aromatic carbocycles. The number of fused-ring (bicyclic) bond motifs is 1. The van der Waals surface area contributed by atoms with Gasteiger partial charge in [0.25, 0.3) is 0 Å². The Morgan fingerprint density at radius 2 is 1.79 bits per heavy atom. The Bertz CT molecular complexity index is 579. The summed E-state index contributed by atoms with van der Waals surface area (Å²) in [6.07, 6.45) is -2.76. The molecule has 0 amide bonds. The molecule has 0 spiro atoms. The molecule has 0 bridgehead atoms. The highest BCUT2D eigenvalue weighted by Crippen LogP contribution is 2.37. The minimum atomic E-state index is -5.08. The Balaban J connectivity index is 0.000000256. The number of carbonyl (C=O) groups is 1. The van der Waals surface area contributed by atoms with Crippen LogP contribution in [0, 0.1) is 24.6 Å². The highest BCUT2D eigenvalue weighted by atomic mass is 19.4. The first-order valence-electron chi connectivity index (χ1n) is 7.60. The lowest BCUT2D eigenvalue weighted by atomic mass is 10.0. The van der Waals surface area contributed by atoms with Gasteiger partial charge < -0.3 is 15.2 Å². The molecule has 1 aromatic rings. The van der Waals surface area contributed by atoms with E-state index in [0.717, 1.165) is 43.3 Å². The van der Waals surface area contributed by atoms with Crippen molar-refractivity contribution in [1.82, 2.24) is 5.32 Å². The maximum atomic E-state index is 13.7. The van der Waals surface area contributed by atoms with Gasteiger partial charge in [-0.1, -0.05) is 6.07 Å². The molecule has 2 fully saturated rings. The highest BCUT2D eigenvalue weighted by molar-refractivity contribution is 5.73. The summed E-state index contributed by atoms with van der Waals surface area (Å²) in [6, 6.07) is 5.18. The van der Waals surface area contributed by atoms with Gasteiger partial charge in [0.1, 0.15) is 0 Å². The Kier molecular flexibility index (Phi) is 5.69. The molecular formula is C16H19F4NO3. The third kappa shape index (κ3) is 4.83. The zero-order chi connectivity index (χ0) is 17.9. The topological polar surface area (TPSA) is 58.6 Å². The number of hydrogen-bond donors (Lipinski definition) is 2. The smallest absolute Gasteiger partial charge is 0.487 e. The number of aryl methyl sites for hydroxylation is 1. The first-order valence-corrected chi connectivity index (χ1v) is 7.60. The normalized spacial score (nSPS) is 25.6. The lowest BCUT2D eigenvalue weighted by molar-refractivity contribution is -0.192. The standard InChI is InChI=1S/C14H18FNO.C2HF3O2/c1-9-2-3-14(13(15)4-9)17-12-5-10-7-16-8-11(10)6-12;3-2(4,5)1(6)7/h2-4,10-12,16H,5-8H2,1H3;(H,6,7). The van der Waals surface area contributed by atoms with E-state index in [2.05, 4.69) is 5.32 Å². The van der Waals surface area contributed by atoms with Gasteiger partial charge in [-0.05, 0) is 62.4 Å². The van der Waals surface area contributed by atoms with Gasteiger partial charge in [-0.2, -0.15) is 13.2 Å². The molecule has 3 rings (SSSR count). The van der Waals surface area contributed by atoms with E-state index in [0.29, 0.717) is 5.75 Å². The fourth-order valence-corrected chi connectivity index (χ4v) is 3.09. The van der Waals surface area contributed by atoms with Gasteiger partial charge in [0.2, 0.25) is 0 Å². The van der Waals surface area contributed by atoms with Crippen molar-refractivity contribution in [1.29, 1.82) is 0 Å². The zero-order valence-electron chi connectivity index (χ0n) is 13.1. The molecule has 0 aromatic heterocycles. The molecular weight excluding hydrogens is 330 g/mol. The summed E-state index contributed by atoms with van der Waals surface area (Å²) in [6.45, 7) is 4.08. The molecule has 1 saturated heterocycles. The third-order valence-corrected chi connectivity index (χ3v) is 4.23. The number of halogens is 4. The van der Waals surface area contributed by atoms with Crippen LogP contribution in [-0.2, 0) is 4.79 Å². The van der Waals surface area contributed by atoms with E-state index < -0.39 is 12.1 Å². The largest absolute Gasteiger partial charge is 0.490 e. The van der Waals surface area contributed by atoms with Crippen molar-refractivity contribution in [2.75, 3.05) is 13.1 Å². The van der Waals surface area contributed by atoms with Crippen LogP contribution in [0.15, 0.2) is 18.2 Å². The maximum Gasteiger partial charge on any atom is 0.490 e. The Hall–Kier alpha value is -1.83. The minimum absolute atomic E-state index is 0.198. The predicted octanol–water partition coefficient (Wildman–Crippen LogP) is 3.14. The molecule has 0 radical (unpaired) electrons. The molecule has 24 heavy (non-hydrogen) atoms. The lowest BCUT2D eigenvalue weighted by Crippen LogP contribution is -2.21. The number of benzene rings is 1. The summed E-state index contributed by atoms with van der Waals surface area (Å²) in [5.74, 6) is -1.12. The number of carboxylic acid groups (broad SMARTS) is 1. The van der Waals surface area contributed by atoms with E-state index in [-0.39, 0.29) is 11.9 Å². The van der Waals surface area contributed by atoms with Crippen molar-refractivity contribution in [3.8, 4) is 5.75 Å². The first-order chi connectivity index (χ1) is 11.2. The van der Waals surface area contributed by atoms with Crippen LogP contribution in [0.4, 0.5) is 17.6 Å². The zero-order valence-corrected chi connectivity index (χ0v) is 13.1. The summed E-state index contributed by atoms with van der Waals surface area (Å²) in [7, 11) is 0. The van der Waals surface area contributed by atoms with Crippen LogP contribution < -0.4 is 10.1 Å². The summed E-state index contributed by atoms with van der Waals surface area (Å²) < 4.78 is 51.2. The second-order valence-corrected chi connectivity index (χ2v) is 6.13. The van der Waals surface area contributed by atoms with Crippen LogP contribution in [0.3, 0.4) is 0 Å². The van der Waals surface area contributed by atoms with Gasteiger partial charge in [-0.25, -0.2) is 9.18 Å². The fraction of sp³-hybridized carbons (Fsp3) is 0.562. The predicted molar refractivity (Wildman–Crippen MR) is 78.3 cm³/mol. The van der Waals surface area contributed by atoms with Crippen molar-refractivity contribution in [3.05, 3.63) is 29.6 Å². The summed E-state index contributed by atoms with van der Waals surface area (Å²) in [4.78, 5) is 8.90.